The molecule has 7 nitrogen and oxygen atoms in total. The van der Waals surface area contributed by atoms with Gasteiger partial charge in [0.25, 0.3) is 5.91 Å². The third-order valence-corrected chi connectivity index (χ3v) is 2.73. The molecule has 100 valence electrons. The van der Waals surface area contributed by atoms with Crippen LogP contribution in [0, 0.1) is 0 Å². The van der Waals surface area contributed by atoms with E-state index in [1.807, 2.05) is 0 Å². The highest BCUT2D eigenvalue weighted by Gasteiger charge is 2.17. The highest BCUT2D eigenvalue weighted by Crippen LogP contribution is 2.16. The van der Waals surface area contributed by atoms with E-state index in [9.17, 15) is 14.7 Å². The van der Waals surface area contributed by atoms with Gasteiger partial charge >= 0.3 is 5.69 Å². The Kier molecular flexibility index (Phi) is 3.98. The van der Waals surface area contributed by atoms with Gasteiger partial charge in [0.05, 0.1) is 12.6 Å². The third-order valence-electron chi connectivity index (χ3n) is 2.48. The summed E-state index contributed by atoms with van der Waals surface area (Å²) in [4.78, 5) is 24.8. The Morgan fingerprint density at radius 2 is 2.11 bits per heavy atom. The molecule has 1 heterocycles. The Balaban J connectivity index is 2.13. The zero-order valence-electron chi connectivity index (χ0n) is 9.68. The Morgan fingerprint density at radius 3 is 2.63 bits per heavy atom. The molecule has 0 aliphatic carbocycles. The van der Waals surface area contributed by atoms with Gasteiger partial charge in [-0.3, -0.25) is 9.78 Å². The lowest BCUT2D eigenvalue weighted by atomic mass is 10.1. The lowest BCUT2D eigenvalue weighted by Gasteiger charge is -2.15. The molecule has 0 spiro atoms. The van der Waals surface area contributed by atoms with Crippen LogP contribution in [0.3, 0.4) is 0 Å². The van der Waals surface area contributed by atoms with Gasteiger partial charge in [-0.15, -0.1) is 5.10 Å². The number of amides is 1. The standard InChI is InChI=1S/C11H11ClN4O3/c12-7-3-1-6(2-4-7)8(5-17)13-10(18)9-14-11(19)16-15-9/h1-4,8,17H,5H2,(H,13,18)(H2,14,15,16,19). The van der Waals surface area contributed by atoms with E-state index >= 15 is 0 Å². The number of carbonyl (C=O) groups excluding carboxylic acids is 1. The van der Waals surface area contributed by atoms with Gasteiger partial charge in [0.15, 0.2) is 0 Å². The van der Waals surface area contributed by atoms with E-state index in [1.165, 1.54) is 0 Å². The Bertz CT molecular complexity index is 619. The number of aliphatic hydroxyl groups is 1. The molecule has 2 rings (SSSR count). The number of benzene rings is 1. The average molecular weight is 283 g/mol. The van der Waals surface area contributed by atoms with Crippen LogP contribution in [0.1, 0.15) is 22.2 Å². The number of hydrogen-bond donors (Lipinski definition) is 4. The fourth-order valence-corrected chi connectivity index (χ4v) is 1.66. The number of halogens is 1. The topological polar surface area (TPSA) is 111 Å². The number of nitrogens with one attached hydrogen (secondary N) is 3. The third kappa shape index (κ3) is 3.21. The molecule has 19 heavy (non-hydrogen) atoms. The first-order valence-corrected chi connectivity index (χ1v) is 5.80. The number of nitrogens with zero attached hydrogens (tertiary/aromatic N) is 1. The summed E-state index contributed by atoms with van der Waals surface area (Å²) in [6.07, 6.45) is 0. The van der Waals surface area contributed by atoms with E-state index in [4.69, 9.17) is 11.6 Å². The van der Waals surface area contributed by atoms with Gasteiger partial charge in [0.2, 0.25) is 5.82 Å². The Labute approximate surface area is 112 Å². The van der Waals surface area contributed by atoms with Crippen LogP contribution in [0.15, 0.2) is 29.1 Å². The largest absolute Gasteiger partial charge is 0.394 e. The van der Waals surface area contributed by atoms with Crippen LogP contribution in [-0.2, 0) is 0 Å². The fraction of sp³-hybridized carbons (Fsp3) is 0.182. The summed E-state index contributed by atoms with van der Waals surface area (Å²) in [5.41, 5.74) is 0.121. The number of carbonyl (C=O) groups is 1. The van der Waals surface area contributed by atoms with E-state index in [0.717, 1.165) is 0 Å². The summed E-state index contributed by atoms with van der Waals surface area (Å²) in [6.45, 7) is -0.290. The van der Waals surface area contributed by atoms with Crippen LogP contribution in [0.4, 0.5) is 0 Å². The maximum atomic E-state index is 11.8. The zero-order valence-corrected chi connectivity index (χ0v) is 10.4. The summed E-state index contributed by atoms with van der Waals surface area (Å²) in [6, 6.07) is 6.09. The number of rotatable bonds is 4. The number of aromatic amines is 2. The van der Waals surface area contributed by atoms with Gasteiger partial charge in [0.1, 0.15) is 0 Å². The molecule has 1 aromatic heterocycles. The van der Waals surface area contributed by atoms with Crippen molar-refractivity contribution in [2.75, 3.05) is 6.61 Å². The van der Waals surface area contributed by atoms with Gasteiger partial charge in [-0.25, -0.2) is 9.89 Å². The maximum absolute atomic E-state index is 11.8. The molecule has 1 atom stereocenters. The van der Waals surface area contributed by atoms with Crippen LogP contribution in [0.5, 0.6) is 0 Å². The minimum atomic E-state index is -0.607. The molecule has 0 saturated carbocycles. The minimum absolute atomic E-state index is 0.141. The molecular weight excluding hydrogens is 272 g/mol. The molecule has 4 N–H and O–H groups in total. The van der Waals surface area contributed by atoms with Crippen molar-refractivity contribution in [3.8, 4) is 0 Å². The number of H-pyrrole nitrogens is 2. The van der Waals surface area contributed by atoms with E-state index in [1.54, 1.807) is 24.3 Å². The molecule has 0 aliphatic rings. The first-order chi connectivity index (χ1) is 9.10. The molecule has 1 aromatic carbocycles. The van der Waals surface area contributed by atoms with E-state index < -0.39 is 17.6 Å². The average Bonchev–Trinajstić information content (AvgIpc) is 2.84. The summed E-state index contributed by atoms with van der Waals surface area (Å²) in [5.74, 6) is -0.732. The van der Waals surface area contributed by atoms with Crippen LogP contribution in [0.2, 0.25) is 5.02 Å². The van der Waals surface area contributed by atoms with Crippen molar-refractivity contribution in [2.45, 2.75) is 6.04 Å². The molecule has 8 heteroatoms. The Hall–Kier alpha value is -2.12. The predicted octanol–water partition coefficient (Wildman–Crippen LogP) is 0.215. The fourth-order valence-electron chi connectivity index (χ4n) is 1.53. The van der Waals surface area contributed by atoms with Crippen LogP contribution < -0.4 is 11.0 Å². The van der Waals surface area contributed by atoms with Crippen molar-refractivity contribution in [1.82, 2.24) is 20.5 Å². The molecular formula is C11H11ClN4O3. The van der Waals surface area contributed by atoms with Crippen LogP contribution in [-0.4, -0.2) is 32.8 Å². The molecule has 0 fully saturated rings. The molecule has 1 unspecified atom stereocenters. The van der Waals surface area contributed by atoms with Crippen molar-refractivity contribution in [3.63, 3.8) is 0 Å². The van der Waals surface area contributed by atoms with Crippen molar-refractivity contribution < 1.29 is 9.90 Å². The van der Waals surface area contributed by atoms with E-state index in [-0.39, 0.29) is 12.4 Å². The monoisotopic (exact) mass is 282 g/mol. The normalized spacial score (nSPS) is 12.1. The number of aliphatic hydroxyl groups excluding tert-OH is 1. The molecule has 0 saturated heterocycles. The highest BCUT2D eigenvalue weighted by molar-refractivity contribution is 6.30. The predicted molar refractivity (Wildman–Crippen MR) is 68.0 cm³/mol. The minimum Gasteiger partial charge on any atom is -0.394 e. The molecule has 0 aliphatic heterocycles. The molecule has 0 bridgehead atoms. The second kappa shape index (κ2) is 5.68. The van der Waals surface area contributed by atoms with Crippen molar-refractivity contribution >= 4 is 17.5 Å². The van der Waals surface area contributed by atoms with Gasteiger partial charge in [-0.1, -0.05) is 23.7 Å². The van der Waals surface area contributed by atoms with Crippen LogP contribution >= 0.6 is 11.6 Å². The van der Waals surface area contributed by atoms with Crippen molar-refractivity contribution in [3.05, 3.63) is 51.2 Å². The summed E-state index contributed by atoms with van der Waals surface area (Å²) in [7, 11) is 0. The number of hydrogen-bond acceptors (Lipinski definition) is 4. The second-order valence-electron chi connectivity index (χ2n) is 3.79. The van der Waals surface area contributed by atoms with Gasteiger partial charge < -0.3 is 10.4 Å². The highest BCUT2D eigenvalue weighted by atomic mass is 35.5. The zero-order chi connectivity index (χ0) is 13.8. The van der Waals surface area contributed by atoms with Crippen LogP contribution in [0.25, 0.3) is 0 Å². The van der Waals surface area contributed by atoms with Gasteiger partial charge in [0, 0.05) is 5.02 Å². The Morgan fingerprint density at radius 1 is 1.42 bits per heavy atom. The number of aromatic nitrogens is 3. The van der Waals surface area contributed by atoms with Crippen molar-refractivity contribution in [1.29, 1.82) is 0 Å². The van der Waals surface area contributed by atoms with Gasteiger partial charge in [-0.05, 0) is 17.7 Å². The first kappa shape index (κ1) is 13.3. The lowest BCUT2D eigenvalue weighted by molar-refractivity contribution is 0.0906. The molecule has 0 radical (unpaired) electrons. The summed E-state index contributed by atoms with van der Waals surface area (Å²) in [5, 5.41) is 18.0. The van der Waals surface area contributed by atoms with E-state index in [0.29, 0.717) is 10.6 Å². The SMILES string of the molecule is O=C(NC(CO)c1ccc(Cl)cc1)c1n[nH]c(=O)[nH]1. The molecule has 1 amide bonds. The molecule has 2 aromatic rings. The van der Waals surface area contributed by atoms with E-state index in [2.05, 4.69) is 20.5 Å². The first-order valence-electron chi connectivity index (χ1n) is 5.42. The quantitative estimate of drug-likeness (QED) is 0.642. The lowest BCUT2D eigenvalue weighted by Crippen LogP contribution is -2.31. The second-order valence-corrected chi connectivity index (χ2v) is 4.22. The van der Waals surface area contributed by atoms with Gasteiger partial charge in [-0.2, -0.15) is 0 Å². The summed E-state index contributed by atoms with van der Waals surface area (Å²) < 4.78 is 0. The van der Waals surface area contributed by atoms with Crippen molar-refractivity contribution in [2.24, 2.45) is 0 Å². The smallest absolute Gasteiger partial charge is 0.341 e. The maximum Gasteiger partial charge on any atom is 0.341 e. The summed E-state index contributed by atoms with van der Waals surface area (Å²) >= 11 is 5.76.